The number of amides is 2. The summed E-state index contributed by atoms with van der Waals surface area (Å²) >= 11 is 3.45. The fraction of sp³-hybridized carbons (Fsp3) is 0.0909. The number of ether oxygens (including phenoxy) is 1. The second kappa shape index (κ2) is 7.86. The molecule has 1 atom stereocenters. The van der Waals surface area contributed by atoms with Crippen molar-refractivity contribution in [1.29, 1.82) is 0 Å². The standard InChI is InChI=1S/C22H17BrN2O3/c23-16-11-9-15(10-12-16)20(14-5-2-1-3-6-14)25-22(27)17-7-4-8-18-21(17)28-13-19(26)24-18/h1-12,20H,13H2,(H,24,26)(H,25,27). The highest BCUT2D eigenvalue weighted by Gasteiger charge is 2.25. The Kier molecular flexibility index (Phi) is 5.12. The van der Waals surface area contributed by atoms with Gasteiger partial charge in [0, 0.05) is 4.47 Å². The Bertz CT molecular complexity index is 1020. The third-order valence-electron chi connectivity index (χ3n) is 4.49. The summed E-state index contributed by atoms with van der Waals surface area (Å²) in [6.45, 7) is -0.105. The van der Waals surface area contributed by atoms with Gasteiger partial charge in [-0.25, -0.2) is 0 Å². The number of anilines is 1. The highest BCUT2D eigenvalue weighted by Crippen LogP contribution is 2.32. The molecule has 3 aromatic rings. The van der Waals surface area contributed by atoms with Gasteiger partial charge in [0.1, 0.15) is 0 Å². The largest absolute Gasteiger partial charge is 0.481 e. The fourth-order valence-electron chi connectivity index (χ4n) is 3.16. The highest BCUT2D eigenvalue weighted by molar-refractivity contribution is 9.10. The molecule has 0 radical (unpaired) electrons. The zero-order chi connectivity index (χ0) is 19.5. The van der Waals surface area contributed by atoms with Crippen LogP contribution in [0.2, 0.25) is 0 Å². The molecule has 0 saturated heterocycles. The molecule has 0 bridgehead atoms. The van der Waals surface area contributed by atoms with Gasteiger partial charge in [-0.05, 0) is 35.4 Å². The molecule has 0 fully saturated rings. The molecule has 4 rings (SSSR count). The maximum Gasteiger partial charge on any atom is 0.262 e. The van der Waals surface area contributed by atoms with Crippen LogP contribution in [-0.2, 0) is 4.79 Å². The van der Waals surface area contributed by atoms with Gasteiger partial charge in [-0.1, -0.05) is 64.5 Å². The Morgan fingerprint density at radius 3 is 2.43 bits per heavy atom. The number of halogens is 1. The van der Waals surface area contributed by atoms with Crippen molar-refractivity contribution < 1.29 is 14.3 Å². The summed E-state index contributed by atoms with van der Waals surface area (Å²) < 4.78 is 6.49. The zero-order valence-corrected chi connectivity index (χ0v) is 16.4. The molecule has 2 N–H and O–H groups in total. The van der Waals surface area contributed by atoms with E-state index in [4.69, 9.17) is 4.74 Å². The third-order valence-corrected chi connectivity index (χ3v) is 5.02. The van der Waals surface area contributed by atoms with E-state index >= 15 is 0 Å². The lowest BCUT2D eigenvalue weighted by Crippen LogP contribution is -2.32. The van der Waals surface area contributed by atoms with Crippen LogP contribution in [0.3, 0.4) is 0 Å². The van der Waals surface area contributed by atoms with E-state index in [-0.39, 0.29) is 24.5 Å². The Labute approximate surface area is 170 Å². The second-order valence-electron chi connectivity index (χ2n) is 6.39. The molecule has 6 heteroatoms. The van der Waals surface area contributed by atoms with Gasteiger partial charge in [0.25, 0.3) is 11.8 Å². The lowest BCUT2D eigenvalue weighted by Gasteiger charge is -2.23. The predicted octanol–water partition coefficient (Wildman–Crippen LogP) is 4.30. The van der Waals surface area contributed by atoms with Gasteiger partial charge in [-0.2, -0.15) is 0 Å². The van der Waals surface area contributed by atoms with E-state index in [1.165, 1.54) is 0 Å². The Morgan fingerprint density at radius 2 is 1.68 bits per heavy atom. The van der Waals surface area contributed by atoms with Crippen molar-refractivity contribution in [3.63, 3.8) is 0 Å². The highest BCUT2D eigenvalue weighted by atomic mass is 79.9. The molecule has 0 saturated carbocycles. The number of hydrogen-bond acceptors (Lipinski definition) is 3. The van der Waals surface area contributed by atoms with Crippen molar-refractivity contribution >= 4 is 33.4 Å². The smallest absolute Gasteiger partial charge is 0.262 e. The number of nitrogens with one attached hydrogen (secondary N) is 2. The number of benzene rings is 3. The average molecular weight is 437 g/mol. The second-order valence-corrected chi connectivity index (χ2v) is 7.30. The summed E-state index contributed by atoms with van der Waals surface area (Å²) in [7, 11) is 0. The average Bonchev–Trinajstić information content (AvgIpc) is 2.72. The molecule has 1 aliphatic rings. The summed E-state index contributed by atoms with van der Waals surface area (Å²) in [6.07, 6.45) is 0. The fourth-order valence-corrected chi connectivity index (χ4v) is 3.43. The van der Waals surface area contributed by atoms with Crippen LogP contribution in [0.5, 0.6) is 5.75 Å². The number of rotatable bonds is 4. The van der Waals surface area contributed by atoms with Crippen molar-refractivity contribution in [2.24, 2.45) is 0 Å². The van der Waals surface area contributed by atoms with Crippen LogP contribution in [0.1, 0.15) is 27.5 Å². The molecule has 5 nitrogen and oxygen atoms in total. The molecule has 1 aliphatic heterocycles. The molecule has 3 aromatic carbocycles. The molecule has 140 valence electrons. The maximum atomic E-state index is 13.1. The minimum absolute atomic E-state index is 0.105. The summed E-state index contributed by atoms with van der Waals surface area (Å²) in [5, 5.41) is 5.83. The molecule has 28 heavy (non-hydrogen) atoms. The number of carbonyl (C=O) groups is 2. The van der Waals surface area contributed by atoms with Crippen molar-refractivity contribution in [3.05, 3.63) is 94.0 Å². The van der Waals surface area contributed by atoms with Gasteiger partial charge in [-0.3, -0.25) is 9.59 Å². The summed E-state index contributed by atoms with van der Waals surface area (Å²) in [5.74, 6) is -0.117. The van der Waals surface area contributed by atoms with Gasteiger partial charge in [-0.15, -0.1) is 0 Å². The van der Waals surface area contributed by atoms with Crippen molar-refractivity contribution in [3.8, 4) is 5.75 Å². The van der Waals surface area contributed by atoms with Crippen LogP contribution < -0.4 is 15.4 Å². The van der Waals surface area contributed by atoms with Gasteiger partial charge < -0.3 is 15.4 Å². The van der Waals surface area contributed by atoms with E-state index in [1.54, 1.807) is 18.2 Å². The molecule has 1 heterocycles. The van der Waals surface area contributed by atoms with E-state index in [2.05, 4.69) is 26.6 Å². The Morgan fingerprint density at radius 1 is 0.964 bits per heavy atom. The van der Waals surface area contributed by atoms with E-state index in [0.29, 0.717) is 17.0 Å². The van der Waals surface area contributed by atoms with Crippen molar-refractivity contribution in [1.82, 2.24) is 5.32 Å². The number of hydrogen-bond donors (Lipinski definition) is 2. The molecule has 0 spiro atoms. The zero-order valence-electron chi connectivity index (χ0n) is 14.8. The number of carbonyl (C=O) groups excluding carboxylic acids is 2. The van der Waals surface area contributed by atoms with Crippen LogP contribution >= 0.6 is 15.9 Å². The lowest BCUT2D eigenvalue weighted by atomic mass is 9.98. The third kappa shape index (κ3) is 3.77. The first-order valence-corrected chi connectivity index (χ1v) is 9.58. The quantitative estimate of drug-likeness (QED) is 0.640. The maximum absolute atomic E-state index is 13.1. The summed E-state index contributed by atoms with van der Waals surface area (Å²) in [5.41, 5.74) is 2.82. The first-order chi connectivity index (χ1) is 13.6. The molecule has 0 aromatic heterocycles. The number of fused-ring (bicyclic) bond motifs is 1. The molecular formula is C22H17BrN2O3. The Balaban J connectivity index is 1.68. The predicted molar refractivity (Wildman–Crippen MR) is 110 cm³/mol. The van der Waals surface area contributed by atoms with E-state index in [9.17, 15) is 9.59 Å². The SMILES string of the molecule is O=C1COc2c(cccc2C(=O)NC(c2ccccc2)c2ccc(Br)cc2)N1. The minimum atomic E-state index is -0.323. The van der Waals surface area contributed by atoms with E-state index < -0.39 is 0 Å². The monoisotopic (exact) mass is 436 g/mol. The van der Waals surface area contributed by atoms with Crippen LogP contribution in [0.4, 0.5) is 5.69 Å². The number of para-hydroxylation sites is 1. The van der Waals surface area contributed by atoms with Gasteiger partial charge >= 0.3 is 0 Å². The molecule has 2 amide bonds. The van der Waals surface area contributed by atoms with Crippen molar-refractivity contribution in [2.75, 3.05) is 11.9 Å². The first-order valence-electron chi connectivity index (χ1n) is 8.79. The summed E-state index contributed by atoms with van der Waals surface area (Å²) in [6, 6.07) is 22.4. The van der Waals surface area contributed by atoms with Gasteiger partial charge in [0.15, 0.2) is 12.4 Å². The summed E-state index contributed by atoms with van der Waals surface area (Å²) in [4.78, 5) is 24.7. The molecule has 0 aliphatic carbocycles. The van der Waals surface area contributed by atoms with Gasteiger partial charge in [0.05, 0.1) is 17.3 Å². The lowest BCUT2D eigenvalue weighted by molar-refractivity contribution is -0.118. The molecule has 1 unspecified atom stereocenters. The first kappa shape index (κ1) is 18.3. The van der Waals surface area contributed by atoms with Crippen LogP contribution in [-0.4, -0.2) is 18.4 Å². The normalized spacial score (nSPS) is 13.7. The van der Waals surface area contributed by atoms with Gasteiger partial charge in [0.2, 0.25) is 0 Å². The topological polar surface area (TPSA) is 67.4 Å². The van der Waals surface area contributed by atoms with Crippen molar-refractivity contribution in [2.45, 2.75) is 6.04 Å². The molecular weight excluding hydrogens is 420 g/mol. The van der Waals surface area contributed by atoms with Crippen LogP contribution in [0, 0.1) is 0 Å². The minimum Gasteiger partial charge on any atom is -0.481 e. The van der Waals surface area contributed by atoms with Crippen LogP contribution in [0.25, 0.3) is 0 Å². The van der Waals surface area contributed by atoms with E-state index in [0.717, 1.165) is 15.6 Å². The van der Waals surface area contributed by atoms with Crippen LogP contribution in [0.15, 0.2) is 77.3 Å². The Hall–Kier alpha value is -3.12. The van der Waals surface area contributed by atoms with E-state index in [1.807, 2.05) is 54.6 Å².